The quantitative estimate of drug-likeness (QED) is 0.0631. The Hall–Kier alpha value is -6.30. The Bertz CT molecular complexity index is 2130. The topological polar surface area (TPSA) is 128 Å². The van der Waals surface area contributed by atoms with Crippen molar-refractivity contribution in [1.82, 2.24) is 9.13 Å². The zero-order valence-corrected chi connectivity index (χ0v) is 30.9. The lowest BCUT2D eigenvalue weighted by Gasteiger charge is -2.20. The van der Waals surface area contributed by atoms with Gasteiger partial charge in [-0.05, 0) is 60.4 Å². The molecule has 6 rings (SSSR count). The molecular formula is C42H42F2N4O6. The number of hydrogen-bond donors (Lipinski definition) is 2. The lowest BCUT2D eigenvalue weighted by atomic mass is 9.88. The third-order valence-electron chi connectivity index (χ3n) is 9.93. The molecule has 0 amide bonds. The van der Waals surface area contributed by atoms with Gasteiger partial charge in [-0.1, -0.05) is 83.1 Å². The molecule has 0 bridgehead atoms. The summed E-state index contributed by atoms with van der Waals surface area (Å²) in [6.45, 7) is 3.94. The molecule has 0 aliphatic heterocycles. The molecule has 2 aromatic heterocycles. The maximum absolute atomic E-state index is 14.7. The van der Waals surface area contributed by atoms with E-state index in [1.54, 1.807) is 36.4 Å². The smallest absolute Gasteiger partial charge is 0.355 e. The number of oxime groups is 2. The molecule has 0 fully saturated rings. The van der Waals surface area contributed by atoms with Crippen LogP contribution in [0.3, 0.4) is 0 Å². The number of benzene rings is 4. The number of hydrogen-bond acceptors (Lipinski definition) is 8. The molecule has 2 heterocycles. The van der Waals surface area contributed by atoms with E-state index in [4.69, 9.17) is 9.47 Å². The van der Waals surface area contributed by atoms with Crippen LogP contribution in [0, 0.1) is 25.5 Å². The minimum absolute atomic E-state index is 0.00904. The van der Waals surface area contributed by atoms with Crippen LogP contribution in [0.2, 0.25) is 0 Å². The van der Waals surface area contributed by atoms with Gasteiger partial charge in [-0.3, -0.25) is 0 Å². The summed E-state index contributed by atoms with van der Waals surface area (Å²) in [6.07, 6.45) is 0.0181. The maximum Gasteiger partial charge on any atom is 0.355 e. The first kappa shape index (κ1) is 38.9. The number of aromatic nitrogens is 2. The highest BCUT2D eigenvalue weighted by Gasteiger charge is 2.30. The molecule has 0 spiro atoms. The Morgan fingerprint density at radius 3 is 1.26 bits per heavy atom. The minimum atomic E-state index is -0.741. The molecule has 0 radical (unpaired) electrons. The molecule has 280 valence electrons. The Morgan fingerprint density at radius 1 is 0.611 bits per heavy atom. The zero-order chi connectivity index (χ0) is 39.1. The van der Waals surface area contributed by atoms with E-state index in [1.807, 2.05) is 85.6 Å². The fraction of sp³-hybridized carbons (Fsp3) is 0.238. The monoisotopic (exact) mass is 736 g/mol. The Kier molecular flexibility index (Phi) is 12.3. The molecule has 4 aromatic carbocycles. The van der Waals surface area contributed by atoms with Crippen molar-refractivity contribution in [1.29, 1.82) is 0 Å². The fourth-order valence-corrected chi connectivity index (χ4v) is 7.37. The predicted octanol–water partition coefficient (Wildman–Crippen LogP) is 8.30. The van der Waals surface area contributed by atoms with Crippen LogP contribution in [0.15, 0.2) is 107 Å². The van der Waals surface area contributed by atoms with Crippen molar-refractivity contribution in [2.75, 3.05) is 14.2 Å². The summed E-state index contributed by atoms with van der Waals surface area (Å²) < 4.78 is 42.7. The van der Waals surface area contributed by atoms with Crippen LogP contribution in [0.1, 0.15) is 58.3 Å². The van der Waals surface area contributed by atoms with E-state index in [-0.39, 0.29) is 35.9 Å². The standard InChI is InChI=1S/2C21H21FN2O3/c2*1-13-14-8-5-7-11-19(14)24(2)20(13)16(12-18(23-26)21(25)27-3)15-9-4-6-10-17(15)22/h2*4-11,16,26H,12H2,1-3H3/b2*23-18+/t2*16-/m11/s1. The highest BCUT2D eigenvalue weighted by Crippen LogP contribution is 2.38. The largest absolute Gasteiger partial charge is 0.464 e. The Balaban J connectivity index is 0.000000208. The number of methoxy groups -OCH3 is 2. The maximum atomic E-state index is 14.7. The molecule has 2 N–H and O–H groups in total. The van der Waals surface area contributed by atoms with Gasteiger partial charge in [-0.15, -0.1) is 0 Å². The summed E-state index contributed by atoms with van der Waals surface area (Å²) in [5.41, 5.74) is 6.24. The molecule has 0 aliphatic carbocycles. The fourth-order valence-electron chi connectivity index (χ4n) is 7.37. The van der Waals surface area contributed by atoms with Crippen molar-refractivity contribution >= 4 is 45.2 Å². The molecule has 6 aromatic rings. The minimum Gasteiger partial charge on any atom is -0.464 e. The number of carbonyl (C=O) groups is 2. The number of nitrogens with zero attached hydrogens (tertiary/aromatic N) is 4. The number of carbonyl (C=O) groups excluding carboxylic acids is 2. The van der Waals surface area contributed by atoms with Gasteiger partial charge in [0.25, 0.3) is 0 Å². The number of halogens is 2. The van der Waals surface area contributed by atoms with Gasteiger partial charge < -0.3 is 29.0 Å². The summed E-state index contributed by atoms with van der Waals surface area (Å²) in [7, 11) is 6.25. The summed E-state index contributed by atoms with van der Waals surface area (Å²) in [4.78, 5) is 23.9. The van der Waals surface area contributed by atoms with Crippen LogP contribution >= 0.6 is 0 Å². The molecule has 54 heavy (non-hydrogen) atoms. The van der Waals surface area contributed by atoms with E-state index in [0.29, 0.717) is 11.1 Å². The average Bonchev–Trinajstić information content (AvgIpc) is 3.60. The van der Waals surface area contributed by atoms with Crippen molar-refractivity contribution in [3.05, 3.63) is 142 Å². The Morgan fingerprint density at radius 2 is 0.944 bits per heavy atom. The number of para-hydroxylation sites is 2. The van der Waals surface area contributed by atoms with Crippen molar-refractivity contribution in [3.8, 4) is 0 Å². The van der Waals surface area contributed by atoms with Gasteiger partial charge in [0.1, 0.15) is 11.6 Å². The van der Waals surface area contributed by atoms with Crippen LogP contribution in [-0.4, -0.2) is 57.1 Å². The van der Waals surface area contributed by atoms with E-state index in [2.05, 4.69) is 10.3 Å². The van der Waals surface area contributed by atoms with Crippen molar-refractivity contribution in [2.45, 2.75) is 38.5 Å². The number of esters is 2. The molecule has 2 atom stereocenters. The first-order valence-electron chi connectivity index (χ1n) is 17.1. The van der Waals surface area contributed by atoms with E-state index in [9.17, 15) is 28.8 Å². The van der Waals surface area contributed by atoms with Gasteiger partial charge in [-0.25, -0.2) is 18.4 Å². The SMILES string of the molecule is COC(=O)/C(C[C@H](c1ccccc1F)c1c(C)c2ccccc2n1C)=N/O.COC(=O)/C(C[C@H](c1ccccc1F)c1c(C)c2ccccc2n1C)=N/O. The average molecular weight is 737 g/mol. The highest BCUT2D eigenvalue weighted by molar-refractivity contribution is 6.36. The molecule has 0 saturated heterocycles. The van der Waals surface area contributed by atoms with Gasteiger partial charge >= 0.3 is 11.9 Å². The van der Waals surface area contributed by atoms with E-state index in [1.165, 1.54) is 26.4 Å². The van der Waals surface area contributed by atoms with E-state index < -0.39 is 23.8 Å². The van der Waals surface area contributed by atoms with Crippen LogP contribution in [0.4, 0.5) is 8.78 Å². The van der Waals surface area contributed by atoms with Gasteiger partial charge in [0.15, 0.2) is 11.4 Å². The lowest BCUT2D eigenvalue weighted by molar-refractivity contribution is -0.133. The molecule has 10 nitrogen and oxygen atoms in total. The van der Waals surface area contributed by atoms with Gasteiger partial charge in [0.05, 0.1) is 14.2 Å². The third-order valence-corrected chi connectivity index (χ3v) is 9.93. The highest BCUT2D eigenvalue weighted by atomic mass is 19.1. The van der Waals surface area contributed by atoms with Gasteiger partial charge in [0, 0.05) is 72.0 Å². The molecule has 12 heteroatoms. The normalized spacial score (nSPS) is 13.0. The summed E-state index contributed by atoms with van der Waals surface area (Å²) >= 11 is 0. The second-order valence-electron chi connectivity index (χ2n) is 12.8. The number of aryl methyl sites for hydroxylation is 4. The first-order valence-corrected chi connectivity index (χ1v) is 17.1. The zero-order valence-electron chi connectivity index (χ0n) is 30.9. The summed E-state index contributed by atoms with van der Waals surface area (Å²) in [6, 6.07) is 28.6. The van der Waals surface area contributed by atoms with Crippen molar-refractivity contribution in [3.63, 3.8) is 0 Å². The van der Waals surface area contributed by atoms with Gasteiger partial charge in [0.2, 0.25) is 0 Å². The Labute approximate surface area is 311 Å². The van der Waals surface area contributed by atoms with Crippen molar-refractivity contribution in [2.24, 2.45) is 24.4 Å². The van der Waals surface area contributed by atoms with Crippen LogP contribution in [0.25, 0.3) is 21.8 Å². The van der Waals surface area contributed by atoms with Crippen LogP contribution in [0.5, 0.6) is 0 Å². The first-order chi connectivity index (χ1) is 26.0. The second kappa shape index (κ2) is 17.0. The predicted molar refractivity (Wildman–Crippen MR) is 204 cm³/mol. The molecule has 0 saturated carbocycles. The van der Waals surface area contributed by atoms with Crippen LogP contribution in [-0.2, 0) is 33.2 Å². The molecule has 0 unspecified atom stereocenters. The number of ether oxygens (including phenoxy) is 2. The second-order valence-corrected chi connectivity index (χ2v) is 12.8. The number of rotatable bonds is 10. The van der Waals surface area contributed by atoms with E-state index in [0.717, 1.165) is 44.3 Å². The summed E-state index contributed by atoms with van der Waals surface area (Å²) in [5.74, 6) is -3.28. The molecule has 0 aliphatic rings. The summed E-state index contributed by atoms with van der Waals surface area (Å²) in [5, 5.41) is 26.9. The van der Waals surface area contributed by atoms with Crippen molar-refractivity contribution < 1.29 is 38.3 Å². The van der Waals surface area contributed by atoms with E-state index >= 15 is 0 Å². The number of fused-ring (bicyclic) bond motifs is 2. The third kappa shape index (κ3) is 7.59. The van der Waals surface area contributed by atoms with Gasteiger partial charge in [-0.2, -0.15) is 0 Å². The van der Waals surface area contributed by atoms with Crippen LogP contribution < -0.4 is 0 Å². The molecular weight excluding hydrogens is 694 g/mol. The lowest BCUT2D eigenvalue weighted by Crippen LogP contribution is -2.21.